The van der Waals surface area contributed by atoms with Gasteiger partial charge in [0.05, 0.1) is 12.9 Å². The van der Waals surface area contributed by atoms with Crippen molar-refractivity contribution in [2.75, 3.05) is 18.9 Å². The number of hydrogen-bond donors (Lipinski definition) is 2. The molecule has 2 aromatic heterocycles. The minimum atomic E-state index is -1.62. The monoisotopic (exact) mass is 489 g/mol. The molecule has 190 valence electrons. The highest BCUT2D eigenvalue weighted by molar-refractivity contribution is 5.81. The highest BCUT2D eigenvalue weighted by atomic mass is 19.1. The number of rotatable bonds is 11. The van der Waals surface area contributed by atoms with E-state index < -0.39 is 36.8 Å². The topological polar surface area (TPSA) is 135 Å². The molecule has 3 heterocycles. The molecule has 0 saturated carbocycles. The SMILES string of the molecule is C#C[C@]1(COC(=O)OCCCC(CC)(CC)CC=C)O[C@@H](n2cnc3c(N)nc(F)nc32)C[C@@H]1O. The Morgan fingerprint density at radius 1 is 1.49 bits per heavy atom. The van der Waals surface area contributed by atoms with Gasteiger partial charge < -0.3 is 25.1 Å². The molecule has 10 nitrogen and oxygen atoms in total. The molecule has 0 radical (unpaired) electrons. The molecule has 3 rings (SSSR count). The number of carbonyl (C=O) groups is 1. The van der Waals surface area contributed by atoms with Crippen LogP contribution in [0.2, 0.25) is 0 Å². The molecule has 11 heteroatoms. The second kappa shape index (κ2) is 11.0. The zero-order valence-corrected chi connectivity index (χ0v) is 20.1. The maximum Gasteiger partial charge on any atom is 0.508 e. The number of aliphatic hydroxyl groups excluding tert-OH is 1. The molecule has 2 aromatic rings. The summed E-state index contributed by atoms with van der Waals surface area (Å²) in [5, 5.41) is 10.6. The Hall–Kier alpha value is -3.23. The first kappa shape index (κ1) is 26.4. The number of halogens is 1. The van der Waals surface area contributed by atoms with Crippen LogP contribution in [0, 0.1) is 23.8 Å². The number of imidazole rings is 1. The van der Waals surface area contributed by atoms with Gasteiger partial charge in [0.15, 0.2) is 22.6 Å². The Morgan fingerprint density at radius 3 is 2.89 bits per heavy atom. The zero-order chi connectivity index (χ0) is 25.6. The lowest BCUT2D eigenvalue weighted by atomic mass is 9.75. The molecule has 0 unspecified atom stereocenters. The Morgan fingerprint density at radius 2 is 2.23 bits per heavy atom. The Labute approximate surface area is 203 Å². The summed E-state index contributed by atoms with van der Waals surface area (Å²) in [6, 6.07) is 0. The van der Waals surface area contributed by atoms with Crippen LogP contribution < -0.4 is 5.73 Å². The third-order valence-electron chi connectivity index (χ3n) is 6.84. The maximum atomic E-state index is 13.7. The summed E-state index contributed by atoms with van der Waals surface area (Å²) >= 11 is 0. The predicted molar refractivity (Wildman–Crippen MR) is 126 cm³/mol. The smallest absolute Gasteiger partial charge is 0.434 e. The number of aromatic nitrogens is 4. The van der Waals surface area contributed by atoms with Gasteiger partial charge in [-0.05, 0) is 24.7 Å². The number of nitrogens with two attached hydrogens (primary N) is 1. The van der Waals surface area contributed by atoms with Gasteiger partial charge in [0.25, 0.3) is 0 Å². The Balaban J connectivity index is 1.57. The normalized spacial score (nSPS) is 22.1. The number of anilines is 1. The molecule has 3 N–H and O–H groups in total. The number of allylic oxidation sites excluding steroid dienone is 1. The van der Waals surface area contributed by atoms with Crippen LogP contribution in [0.15, 0.2) is 19.0 Å². The standard InChI is InChI=1S/C24H32FN5O5/c1-5-10-23(6-2,7-3)11-9-12-33-22(32)34-14-24(8-4)16(31)13-17(35-24)30-15-27-18-19(26)28-21(25)29-20(18)30/h4-5,15-17,31H,1,6-7,9-14H2,2-3H3,(H2,26,28,29)/t16-,17+,24+/m0/s1. The third kappa shape index (κ3) is 5.55. The van der Waals surface area contributed by atoms with Gasteiger partial charge in [0.1, 0.15) is 18.9 Å². The number of carbonyl (C=O) groups excluding carboxylic acids is 1. The van der Waals surface area contributed by atoms with Crippen LogP contribution >= 0.6 is 0 Å². The second-order valence-corrected chi connectivity index (χ2v) is 8.75. The quantitative estimate of drug-likeness (QED) is 0.160. The van der Waals surface area contributed by atoms with E-state index in [9.17, 15) is 14.3 Å². The van der Waals surface area contributed by atoms with Crippen molar-refractivity contribution >= 4 is 23.1 Å². The number of ether oxygens (including phenoxy) is 3. The number of fused-ring (bicyclic) bond motifs is 1. The van der Waals surface area contributed by atoms with Crippen molar-refractivity contribution in [1.29, 1.82) is 0 Å². The van der Waals surface area contributed by atoms with Gasteiger partial charge in [0, 0.05) is 6.42 Å². The largest absolute Gasteiger partial charge is 0.508 e. The third-order valence-corrected chi connectivity index (χ3v) is 6.84. The molecule has 1 aliphatic heterocycles. The lowest BCUT2D eigenvalue weighted by Crippen LogP contribution is -2.43. The molecule has 0 aliphatic carbocycles. The van der Waals surface area contributed by atoms with E-state index in [-0.39, 0.29) is 35.4 Å². The van der Waals surface area contributed by atoms with E-state index in [0.717, 1.165) is 25.7 Å². The Bertz CT molecular complexity index is 1100. The average Bonchev–Trinajstić information content (AvgIpc) is 3.41. The van der Waals surface area contributed by atoms with Crippen LogP contribution in [-0.2, 0) is 14.2 Å². The minimum absolute atomic E-state index is 0.0268. The fourth-order valence-electron chi connectivity index (χ4n) is 4.46. The molecule has 3 atom stereocenters. The number of nitrogen functional groups attached to an aromatic ring is 1. The summed E-state index contributed by atoms with van der Waals surface area (Å²) in [4.78, 5) is 23.4. The van der Waals surface area contributed by atoms with Crippen molar-refractivity contribution in [3.8, 4) is 12.3 Å². The van der Waals surface area contributed by atoms with Crippen molar-refractivity contribution in [2.24, 2.45) is 5.41 Å². The van der Waals surface area contributed by atoms with E-state index in [0.29, 0.717) is 6.42 Å². The zero-order valence-electron chi connectivity index (χ0n) is 20.1. The first-order valence-electron chi connectivity index (χ1n) is 11.6. The van der Waals surface area contributed by atoms with Crippen LogP contribution in [0.5, 0.6) is 0 Å². The van der Waals surface area contributed by atoms with Crippen LogP contribution in [0.1, 0.15) is 58.6 Å². The van der Waals surface area contributed by atoms with E-state index in [1.54, 1.807) is 0 Å². The summed E-state index contributed by atoms with van der Waals surface area (Å²) in [5.41, 5.74) is 4.50. The summed E-state index contributed by atoms with van der Waals surface area (Å²) in [6.07, 6.45) is 9.48. The number of aliphatic hydroxyl groups is 1. The van der Waals surface area contributed by atoms with Gasteiger partial charge in [-0.25, -0.2) is 9.78 Å². The highest BCUT2D eigenvalue weighted by Crippen LogP contribution is 2.38. The van der Waals surface area contributed by atoms with Gasteiger partial charge in [-0.2, -0.15) is 14.4 Å². The van der Waals surface area contributed by atoms with Crippen LogP contribution in [-0.4, -0.2) is 55.7 Å². The fourth-order valence-corrected chi connectivity index (χ4v) is 4.46. The average molecular weight is 490 g/mol. The molecule has 1 fully saturated rings. The van der Waals surface area contributed by atoms with Crippen molar-refractivity contribution in [2.45, 2.75) is 70.3 Å². The van der Waals surface area contributed by atoms with Gasteiger partial charge in [-0.1, -0.05) is 38.7 Å². The van der Waals surface area contributed by atoms with Crippen molar-refractivity contribution in [1.82, 2.24) is 19.5 Å². The van der Waals surface area contributed by atoms with Crippen molar-refractivity contribution in [3.05, 3.63) is 25.1 Å². The summed E-state index contributed by atoms with van der Waals surface area (Å²) in [6.45, 7) is 7.90. The molecule has 1 aliphatic rings. The Kier molecular flexibility index (Phi) is 8.30. The molecule has 0 bridgehead atoms. The van der Waals surface area contributed by atoms with Crippen LogP contribution in [0.25, 0.3) is 11.2 Å². The predicted octanol–water partition coefficient (Wildman–Crippen LogP) is 3.52. The number of terminal acetylenes is 1. The number of hydrogen-bond acceptors (Lipinski definition) is 9. The number of nitrogens with zero attached hydrogens (tertiary/aromatic N) is 4. The second-order valence-electron chi connectivity index (χ2n) is 8.75. The van der Waals surface area contributed by atoms with E-state index >= 15 is 0 Å². The van der Waals surface area contributed by atoms with Crippen LogP contribution in [0.3, 0.4) is 0 Å². The molecular formula is C24H32FN5O5. The minimum Gasteiger partial charge on any atom is -0.434 e. The van der Waals surface area contributed by atoms with Gasteiger partial charge >= 0.3 is 12.2 Å². The van der Waals surface area contributed by atoms with E-state index in [1.807, 2.05) is 6.08 Å². The highest BCUT2D eigenvalue weighted by Gasteiger charge is 2.49. The van der Waals surface area contributed by atoms with Gasteiger partial charge in [-0.15, -0.1) is 13.0 Å². The maximum absolute atomic E-state index is 13.7. The lowest BCUT2D eigenvalue weighted by molar-refractivity contribution is -0.0981. The first-order valence-corrected chi connectivity index (χ1v) is 11.6. The molecule has 35 heavy (non-hydrogen) atoms. The molecule has 1 saturated heterocycles. The molecule has 0 spiro atoms. The first-order chi connectivity index (χ1) is 16.7. The van der Waals surface area contributed by atoms with E-state index in [4.69, 9.17) is 26.4 Å². The van der Waals surface area contributed by atoms with Crippen LogP contribution in [0.4, 0.5) is 15.0 Å². The van der Waals surface area contributed by atoms with E-state index in [1.165, 1.54) is 10.9 Å². The lowest BCUT2D eigenvalue weighted by Gasteiger charge is -2.30. The van der Waals surface area contributed by atoms with Crippen molar-refractivity contribution < 1.29 is 28.5 Å². The van der Waals surface area contributed by atoms with E-state index in [2.05, 4.69) is 41.3 Å². The fraction of sp³-hybridized carbons (Fsp3) is 0.583. The summed E-state index contributed by atoms with van der Waals surface area (Å²) < 4.78 is 31.3. The summed E-state index contributed by atoms with van der Waals surface area (Å²) in [7, 11) is 0. The van der Waals surface area contributed by atoms with Gasteiger partial charge in [0.2, 0.25) is 0 Å². The summed E-state index contributed by atoms with van der Waals surface area (Å²) in [5.74, 6) is 2.26. The molecule has 0 amide bonds. The molecular weight excluding hydrogens is 457 g/mol. The molecule has 0 aromatic carbocycles. The van der Waals surface area contributed by atoms with Crippen molar-refractivity contribution in [3.63, 3.8) is 0 Å². The van der Waals surface area contributed by atoms with Gasteiger partial charge in [-0.3, -0.25) is 4.57 Å².